The first kappa shape index (κ1) is 12.8. The maximum Gasteiger partial charge on any atom is 0.236 e. The average molecular weight is 239 g/mol. The van der Waals surface area contributed by atoms with E-state index in [1.54, 1.807) is 0 Å². The Labute approximate surface area is 104 Å². The third kappa shape index (κ3) is 3.68. The van der Waals surface area contributed by atoms with Crippen LogP contribution in [0.1, 0.15) is 39.0 Å². The zero-order chi connectivity index (χ0) is 12.1. The van der Waals surface area contributed by atoms with Crippen molar-refractivity contribution in [2.75, 3.05) is 32.7 Å². The molecule has 0 aromatic rings. The van der Waals surface area contributed by atoms with Crippen molar-refractivity contribution < 1.29 is 4.79 Å². The van der Waals surface area contributed by atoms with Crippen LogP contribution in [0.15, 0.2) is 0 Å². The van der Waals surface area contributed by atoms with Crippen LogP contribution in [0.3, 0.4) is 0 Å². The monoisotopic (exact) mass is 239 g/mol. The molecule has 4 heteroatoms. The van der Waals surface area contributed by atoms with Crippen molar-refractivity contribution in [3.05, 3.63) is 0 Å². The number of carbonyl (C=O) groups is 1. The van der Waals surface area contributed by atoms with Gasteiger partial charge in [0, 0.05) is 31.7 Å². The molecule has 0 radical (unpaired) electrons. The van der Waals surface area contributed by atoms with Gasteiger partial charge in [-0.15, -0.1) is 0 Å². The molecule has 1 aliphatic carbocycles. The van der Waals surface area contributed by atoms with Crippen LogP contribution < -0.4 is 10.6 Å². The highest BCUT2D eigenvalue weighted by atomic mass is 16.2. The van der Waals surface area contributed by atoms with Crippen LogP contribution in [0.5, 0.6) is 0 Å². The number of hydrogen-bond donors (Lipinski definition) is 2. The highest BCUT2D eigenvalue weighted by Crippen LogP contribution is 2.27. The fraction of sp³-hybridized carbons (Fsp3) is 0.923. The highest BCUT2D eigenvalue weighted by Gasteiger charge is 2.27. The number of hydrogen-bond acceptors (Lipinski definition) is 3. The Morgan fingerprint density at radius 2 is 1.88 bits per heavy atom. The summed E-state index contributed by atoms with van der Waals surface area (Å²) in [6.07, 6.45) is 6.36. The van der Waals surface area contributed by atoms with Crippen molar-refractivity contribution in [1.82, 2.24) is 15.5 Å². The summed E-state index contributed by atoms with van der Waals surface area (Å²) in [5.74, 6) is 0.262. The Bertz CT molecular complexity index is 255. The van der Waals surface area contributed by atoms with Crippen LogP contribution in [0.25, 0.3) is 0 Å². The van der Waals surface area contributed by atoms with E-state index < -0.39 is 0 Å². The van der Waals surface area contributed by atoms with E-state index in [9.17, 15) is 4.79 Å². The Morgan fingerprint density at radius 1 is 1.24 bits per heavy atom. The zero-order valence-electron chi connectivity index (χ0n) is 10.9. The minimum atomic E-state index is 0.196. The van der Waals surface area contributed by atoms with E-state index >= 15 is 0 Å². The van der Waals surface area contributed by atoms with Gasteiger partial charge >= 0.3 is 0 Å². The predicted molar refractivity (Wildman–Crippen MR) is 68.9 cm³/mol. The fourth-order valence-electron chi connectivity index (χ4n) is 2.82. The van der Waals surface area contributed by atoms with Gasteiger partial charge in [-0.2, -0.15) is 0 Å². The van der Waals surface area contributed by atoms with E-state index in [1.165, 1.54) is 32.1 Å². The largest absolute Gasteiger partial charge is 0.339 e. The van der Waals surface area contributed by atoms with Gasteiger partial charge in [-0.1, -0.05) is 19.3 Å². The molecule has 0 unspecified atom stereocenters. The lowest BCUT2D eigenvalue weighted by atomic mass is 9.83. The van der Waals surface area contributed by atoms with Crippen LogP contribution in [-0.2, 0) is 4.79 Å². The number of nitrogens with zero attached hydrogens (tertiary/aromatic N) is 1. The molecule has 1 saturated carbocycles. The lowest BCUT2D eigenvalue weighted by Gasteiger charge is -2.36. The topological polar surface area (TPSA) is 44.4 Å². The number of piperazine rings is 1. The number of rotatable bonds is 3. The van der Waals surface area contributed by atoms with Crippen molar-refractivity contribution >= 4 is 5.91 Å². The van der Waals surface area contributed by atoms with E-state index in [4.69, 9.17) is 0 Å². The molecule has 17 heavy (non-hydrogen) atoms. The second-order valence-electron chi connectivity index (χ2n) is 5.61. The lowest BCUT2D eigenvalue weighted by Crippen LogP contribution is -2.52. The molecule has 98 valence electrons. The Hall–Kier alpha value is -0.610. The van der Waals surface area contributed by atoms with Crippen LogP contribution in [-0.4, -0.2) is 49.1 Å². The summed E-state index contributed by atoms with van der Waals surface area (Å²) in [7, 11) is 0. The minimum Gasteiger partial charge on any atom is -0.339 e. The van der Waals surface area contributed by atoms with E-state index in [1.807, 2.05) is 4.90 Å². The van der Waals surface area contributed by atoms with Gasteiger partial charge < -0.3 is 15.5 Å². The van der Waals surface area contributed by atoms with Crippen molar-refractivity contribution in [3.8, 4) is 0 Å². The molecule has 1 saturated heterocycles. The molecule has 1 amide bonds. The maximum atomic E-state index is 12.0. The third-order valence-corrected chi connectivity index (χ3v) is 4.09. The Balaban J connectivity index is 1.74. The summed E-state index contributed by atoms with van der Waals surface area (Å²) < 4.78 is 0. The average Bonchev–Trinajstić information content (AvgIpc) is 2.38. The molecular formula is C13H25N3O. The van der Waals surface area contributed by atoms with Crippen LogP contribution in [0.4, 0.5) is 0 Å². The molecule has 1 aliphatic heterocycles. The molecule has 2 fully saturated rings. The maximum absolute atomic E-state index is 12.0. The highest BCUT2D eigenvalue weighted by molar-refractivity contribution is 5.78. The van der Waals surface area contributed by atoms with Gasteiger partial charge in [-0.05, 0) is 19.8 Å². The molecule has 0 aromatic heterocycles. The summed E-state index contributed by atoms with van der Waals surface area (Å²) in [6, 6.07) is 0. The summed E-state index contributed by atoms with van der Waals surface area (Å²) in [4.78, 5) is 14.0. The van der Waals surface area contributed by atoms with Gasteiger partial charge in [0.2, 0.25) is 5.91 Å². The fourth-order valence-corrected chi connectivity index (χ4v) is 2.82. The van der Waals surface area contributed by atoms with E-state index in [2.05, 4.69) is 17.6 Å². The molecule has 0 atom stereocenters. The van der Waals surface area contributed by atoms with E-state index in [0.717, 1.165) is 26.2 Å². The van der Waals surface area contributed by atoms with Crippen molar-refractivity contribution in [2.45, 2.75) is 44.6 Å². The zero-order valence-corrected chi connectivity index (χ0v) is 10.9. The summed E-state index contributed by atoms with van der Waals surface area (Å²) >= 11 is 0. The summed E-state index contributed by atoms with van der Waals surface area (Å²) in [6.45, 7) is 6.36. The second-order valence-corrected chi connectivity index (χ2v) is 5.61. The number of nitrogens with one attached hydrogen (secondary N) is 2. The lowest BCUT2D eigenvalue weighted by molar-refractivity contribution is -0.131. The first-order valence-corrected chi connectivity index (χ1v) is 6.93. The predicted octanol–water partition coefficient (Wildman–Crippen LogP) is 0.731. The Morgan fingerprint density at radius 3 is 2.53 bits per heavy atom. The van der Waals surface area contributed by atoms with Gasteiger partial charge in [0.05, 0.1) is 6.54 Å². The number of carbonyl (C=O) groups excluding carboxylic acids is 1. The Kier molecular flexibility index (Phi) is 4.40. The van der Waals surface area contributed by atoms with Crippen molar-refractivity contribution in [2.24, 2.45) is 0 Å². The molecule has 2 rings (SSSR count). The molecule has 2 N–H and O–H groups in total. The standard InChI is InChI=1S/C13H25N3O/c1-13(5-3-2-4-6-13)15-11-12(17)16-9-7-14-8-10-16/h14-15H,2-11H2,1H3. The van der Waals surface area contributed by atoms with Crippen LogP contribution in [0.2, 0.25) is 0 Å². The summed E-state index contributed by atoms with van der Waals surface area (Å²) in [5, 5.41) is 6.75. The molecule has 1 heterocycles. The van der Waals surface area contributed by atoms with Gasteiger partial charge in [-0.25, -0.2) is 0 Å². The van der Waals surface area contributed by atoms with Gasteiger partial charge in [0.25, 0.3) is 0 Å². The molecule has 0 bridgehead atoms. The first-order chi connectivity index (χ1) is 8.20. The molecule has 0 aromatic carbocycles. The van der Waals surface area contributed by atoms with Gasteiger partial charge in [0.1, 0.15) is 0 Å². The van der Waals surface area contributed by atoms with Gasteiger partial charge in [-0.3, -0.25) is 4.79 Å². The van der Waals surface area contributed by atoms with Gasteiger partial charge in [0.15, 0.2) is 0 Å². The summed E-state index contributed by atoms with van der Waals surface area (Å²) in [5.41, 5.74) is 0.196. The van der Waals surface area contributed by atoms with Crippen molar-refractivity contribution in [1.29, 1.82) is 0 Å². The molecule has 4 nitrogen and oxygen atoms in total. The van der Waals surface area contributed by atoms with Crippen molar-refractivity contribution in [3.63, 3.8) is 0 Å². The smallest absolute Gasteiger partial charge is 0.236 e. The quantitative estimate of drug-likeness (QED) is 0.763. The minimum absolute atomic E-state index is 0.196. The SMILES string of the molecule is CC1(NCC(=O)N2CCNCC2)CCCCC1. The van der Waals surface area contributed by atoms with Crippen LogP contribution in [0, 0.1) is 0 Å². The van der Waals surface area contributed by atoms with Crippen LogP contribution >= 0.6 is 0 Å². The third-order valence-electron chi connectivity index (χ3n) is 4.09. The second kappa shape index (κ2) is 5.83. The molecule has 0 spiro atoms. The normalized spacial score (nSPS) is 24.6. The number of amides is 1. The van der Waals surface area contributed by atoms with E-state index in [-0.39, 0.29) is 11.4 Å². The van der Waals surface area contributed by atoms with E-state index in [0.29, 0.717) is 6.54 Å². The first-order valence-electron chi connectivity index (χ1n) is 6.93. The molecular weight excluding hydrogens is 214 g/mol. The molecule has 2 aliphatic rings.